The highest BCUT2D eigenvalue weighted by Crippen LogP contribution is 2.20. The van der Waals surface area contributed by atoms with Crippen molar-refractivity contribution >= 4 is 17.0 Å². The van der Waals surface area contributed by atoms with Gasteiger partial charge >= 0.3 is 0 Å². The summed E-state index contributed by atoms with van der Waals surface area (Å²) in [6.45, 7) is 3.60. The first-order valence-corrected chi connectivity index (χ1v) is 7.88. The van der Waals surface area contributed by atoms with E-state index in [0.29, 0.717) is 5.76 Å². The van der Waals surface area contributed by atoms with Gasteiger partial charge in [0.25, 0.3) is 11.5 Å². The number of nitrogens with zero attached hydrogens (tertiary/aromatic N) is 1. The zero-order valence-electron chi connectivity index (χ0n) is 13.6. The number of H-pyrrole nitrogens is 1. The highest BCUT2D eigenvalue weighted by Gasteiger charge is 2.22. The molecule has 124 valence electrons. The van der Waals surface area contributed by atoms with Gasteiger partial charge in [-0.05, 0) is 32.3 Å². The number of aromatic nitrogens is 2. The third kappa shape index (κ3) is 3.22. The van der Waals surface area contributed by atoms with E-state index in [1.54, 1.807) is 6.92 Å². The maximum Gasteiger partial charge on any atom is 0.262 e. The molecule has 0 saturated heterocycles. The van der Waals surface area contributed by atoms with E-state index in [0.717, 1.165) is 12.8 Å². The normalized spacial score (nSPS) is 12.2. The largest absolute Gasteiger partial charge is 0.442 e. The number of aryl methyl sites for hydroxylation is 2. The number of benzene rings is 1. The molecule has 1 aromatic carbocycles. The van der Waals surface area contributed by atoms with Crippen molar-refractivity contribution in [2.45, 2.75) is 32.7 Å². The molecule has 0 aliphatic carbocycles. The fraction of sp³-hybridized carbons (Fsp3) is 0.278. The third-order valence-electron chi connectivity index (χ3n) is 3.98. The van der Waals surface area contributed by atoms with Crippen LogP contribution in [0, 0.1) is 6.92 Å². The number of aromatic amines is 1. The molecule has 0 bridgehead atoms. The topological polar surface area (TPSA) is 88.0 Å². The van der Waals surface area contributed by atoms with Crippen molar-refractivity contribution in [2.24, 2.45) is 0 Å². The number of carbonyl (C=O) groups is 1. The third-order valence-corrected chi connectivity index (χ3v) is 3.98. The van der Waals surface area contributed by atoms with Crippen LogP contribution in [0.15, 0.2) is 45.9 Å². The van der Waals surface area contributed by atoms with Crippen molar-refractivity contribution in [1.29, 1.82) is 0 Å². The first-order chi connectivity index (χ1) is 11.6. The zero-order valence-corrected chi connectivity index (χ0v) is 13.6. The van der Waals surface area contributed by atoms with Crippen LogP contribution in [0.4, 0.5) is 0 Å². The quantitative estimate of drug-likeness (QED) is 0.754. The van der Waals surface area contributed by atoms with E-state index in [-0.39, 0.29) is 34.2 Å². The minimum absolute atomic E-state index is 0.0298. The van der Waals surface area contributed by atoms with Crippen molar-refractivity contribution in [2.75, 3.05) is 0 Å². The van der Waals surface area contributed by atoms with Crippen LogP contribution in [0.25, 0.3) is 11.1 Å². The van der Waals surface area contributed by atoms with Gasteiger partial charge in [0.2, 0.25) is 5.71 Å². The molecule has 1 amide bonds. The number of amides is 1. The Balaban J connectivity index is 1.73. The van der Waals surface area contributed by atoms with Gasteiger partial charge in [-0.1, -0.05) is 30.3 Å². The van der Waals surface area contributed by atoms with Crippen LogP contribution in [0.2, 0.25) is 0 Å². The highest BCUT2D eigenvalue weighted by atomic mass is 16.3. The predicted octanol–water partition coefficient (Wildman–Crippen LogP) is 2.58. The maximum atomic E-state index is 12.6. The molecule has 2 N–H and O–H groups in total. The standard InChI is InChI=1S/C18H19N3O3/c1-11(8-9-13-6-4-3-5-7-13)21-17(23)14-12(2)24-18-15(14)16(22)19-10-20-18/h3-7,10-11H,8-9H2,1-2H3,(H,21,23)(H,19,20,22)/t11-/m0/s1. The maximum absolute atomic E-state index is 12.6. The molecule has 0 fully saturated rings. The van der Waals surface area contributed by atoms with Crippen molar-refractivity contribution in [3.8, 4) is 0 Å². The molecule has 3 aromatic rings. The van der Waals surface area contributed by atoms with Crippen molar-refractivity contribution in [1.82, 2.24) is 15.3 Å². The highest BCUT2D eigenvalue weighted by molar-refractivity contribution is 6.06. The summed E-state index contributed by atoms with van der Waals surface area (Å²) in [7, 11) is 0. The van der Waals surface area contributed by atoms with Gasteiger partial charge in [0.05, 0.1) is 11.9 Å². The number of carbonyl (C=O) groups excluding carboxylic acids is 1. The fourth-order valence-corrected chi connectivity index (χ4v) is 2.72. The lowest BCUT2D eigenvalue weighted by atomic mass is 10.1. The predicted molar refractivity (Wildman–Crippen MR) is 91.1 cm³/mol. The molecule has 6 heteroatoms. The van der Waals surface area contributed by atoms with Gasteiger partial charge < -0.3 is 14.7 Å². The van der Waals surface area contributed by atoms with Crippen molar-refractivity contribution in [3.05, 3.63) is 63.9 Å². The van der Waals surface area contributed by atoms with E-state index in [2.05, 4.69) is 27.4 Å². The Morgan fingerprint density at radius 3 is 2.83 bits per heavy atom. The van der Waals surface area contributed by atoms with Crippen LogP contribution < -0.4 is 10.9 Å². The number of furan rings is 1. The lowest BCUT2D eigenvalue weighted by Gasteiger charge is -2.13. The lowest BCUT2D eigenvalue weighted by Crippen LogP contribution is -2.33. The van der Waals surface area contributed by atoms with Crippen LogP contribution in [-0.4, -0.2) is 21.9 Å². The molecule has 0 unspecified atom stereocenters. The Labute approximate surface area is 138 Å². The van der Waals surface area contributed by atoms with Crippen LogP contribution in [0.1, 0.15) is 35.0 Å². The van der Waals surface area contributed by atoms with Crippen LogP contribution in [0.3, 0.4) is 0 Å². The molecule has 1 atom stereocenters. The second kappa shape index (κ2) is 6.70. The molecule has 6 nitrogen and oxygen atoms in total. The summed E-state index contributed by atoms with van der Waals surface area (Å²) < 4.78 is 5.42. The smallest absolute Gasteiger partial charge is 0.262 e. The zero-order chi connectivity index (χ0) is 17.1. The van der Waals surface area contributed by atoms with Crippen molar-refractivity contribution < 1.29 is 9.21 Å². The van der Waals surface area contributed by atoms with Gasteiger partial charge in [-0.3, -0.25) is 9.59 Å². The van der Waals surface area contributed by atoms with E-state index in [1.807, 2.05) is 25.1 Å². The van der Waals surface area contributed by atoms with E-state index in [1.165, 1.54) is 11.9 Å². The van der Waals surface area contributed by atoms with E-state index in [4.69, 9.17) is 4.42 Å². The molecule has 24 heavy (non-hydrogen) atoms. The molecule has 0 spiro atoms. The Hall–Kier alpha value is -2.89. The summed E-state index contributed by atoms with van der Waals surface area (Å²) in [5.41, 5.74) is 1.28. The Morgan fingerprint density at radius 2 is 2.08 bits per heavy atom. The minimum Gasteiger partial charge on any atom is -0.442 e. The SMILES string of the molecule is Cc1oc2nc[nH]c(=O)c2c1C(=O)N[C@@H](C)CCc1ccccc1. The molecule has 0 radical (unpaired) electrons. The molecule has 2 aromatic heterocycles. The van der Waals surface area contributed by atoms with E-state index >= 15 is 0 Å². The molecule has 0 aliphatic heterocycles. The molecule has 3 rings (SSSR count). The summed E-state index contributed by atoms with van der Waals surface area (Å²) in [6, 6.07) is 10.1. The van der Waals surface area contributed by atoms with Gasteiger partial charge in [-0.25, -0.2) is 4.98 Å². The number of fused-ring (bicyclic) bond motifs is 1. The number of hydrogen-bond donors (Lipinski definition) is 2. The number of rotatable bonds is 5. The Morgan fingerprint density at radius 1 is 1.33 bits per heavy atom. The summed E-state index contributed by atoms with van der Waals surface area (Å²) in [5, 5.41) is 3.13. The van der Waals surface area contributed by atoms with Gasteiger partial charge in [-0.2, -0.15) is 0 Å². The first kappa shape index (κ1) is 16.0. The molecular formula is C18H19N3O3. The Bertz CT molecular complexity index is 912. The Kier molecular flexibility index (Phi) is 4.46. The summed E-state index contributed by atoms with van der Waals surface area (Å²) in [4.78, 5) is 31.0. The first-order valence-electron chi connectivity index (χ1n) is 7.88. The van der Waals surface area contributed by atoms with Crippen molar-refractivity contribution in [3.63, 3.8) is 0 Å². The monoisotopic (exact) mass is 325 g/mol. The average molecular weight is 325 g/mol. The fourth-order valence-electron chi connectivity index (χ4n) is 2.72. The van der Waals surface area contributed by atoms with Gasteiger partial charge in [0.1, 0.15) is 11.1 Å². The molecule has 0 aliphatic rings. The van der Waals surface area contributed by atoms with Gasteiger partial charge in [0, 0.05) is 6.04 Å². The minimum atomic E-state index is -0.376. The lowest BCUT2D eigenvalue weighted by molar-refractivity contribution is 0.0938. The van der Waals surface area contributed by atoms with Crippen LogP contribution >= 0.6 is 0 Å². The summed E-state index contributed by atoms with van der Waals surface area (Å²) >= 11 is 0. The average Bonchev–Trinajstić information content (AvgIpc) is 2.91. The van der Waals surface area contributed by atoms with Gasteiger partial charge in [-0.15, -0.1) is 0 Å². The second-order valence-electron chi connectivity index (χ2n) is 5.84. The summed E-state index contributed by atoms with van der Waals surface area (Å²) in [5.74, 6) is 0.0762. The number of hydrogen-bond acceptors (Lipinski definition) is 4. The number of nitrogens with one attached hydrogen (secondary N) is 2. The van der Waals surface area contributed by atoms with Crippen LogP contribution in [0.5, 0.6) is 0 Å². The second-order valence-corrected chi connectivity index (χ2v) is 5.84. The van der Waals surface area contributed by atoms with E-state index in [9.17, 15) is 9.59 Å². The molecular weight excluding hydrogens is 306 g/mol. The molecule has 0 saturated carbocycles. The summed E-state index contributed by atoms with van der Waals surface area (Å²) in [6.07, 6.45) is 2.94. The van der Waals surface area contributed by atoms with Gasteiger partial charge in [0.15, 0.2) is 0 Å². The van der Waals surface area contributed by atoms with E-state index < -0.39 is 0 Å². The van der Waals surface area contributed by atoms with Crippen LogP contribution in [-0.2, 0) is 6.42 Å². The molecule has 2 heterocycles.